The molecule has 37 heavy (non-hydrogen) atoms. The van der Waals surface area contributed by atoms with Crippen LogP contribution in [0.2, 0.25) is 0 Å². The number of hydrogen-bond donors (Lipinski definition) is 1. The molecule has 0 radical (unpaired) electrons. The Morgan fingerprint density at radius 3 is 2.59 bits per heavy atom. The highest BCUT2D eigenvalue weighted by molar-refractivity contribution is 7.80. The van der Waals surface area contributed by atoms with E-state index in [9.17, 15) is 14.7 Å². The van der Waals surface area contributed by atoms with E-state index >= 15 is 4.39 Å². The number of ketones is 1. The van der Waals surface area contributed by atoms with Crippen molar-refractivity contribution >= 4 is 29.0 Å². The van der Waals surface area contributed by atoms with E-state index in [1.807, 2.05) is 32.0 Å². The van der Waals surface area contributed by atoms with Crippen molar-refractivity contribution < 1.29 is 28.6 Å². The summed E-state index contributed by atoms with van der Waals surface area (Å²) < 4.78 is 29.9. The number of allylic oxidation sites excluding steroid dienone is 4. The van der Waals surface area contributed by atoms with Crippen LogP contribution in [-0.4, -0.2) is 39.3 Å². The summed E-state index contributed by atoms with van der Waals surface area (Å²) in [7, 11) is 0. The summed E-state index contributed by atoms with van der Waals surface area (Å²) in [5.41, 5.74) is -4.48. The van der Waals surface area contributed by atoms with Crippen molar-refractivity contribution in [2.45, 2.75) is 77.2 Å². The van der Waals surface area contributed by atoms with E-state index in [1.165, 1.54) is 12.2 Å². The molecular formula is C30H35FO5S. The van der Waals surface area contributed by atoms with Gasteiger partial charge in [-0.3, -0.25) is 9.59 Å². The summed E-state index contributed by atoms with van der Waals surface area (Å²) in [5.74, 6) is -1.00. The monoisotopic (exact) mass is 526 g/mol. The second-order valence-corrected chi connectivity index (χ2v) is 12.0. The highest BCUT2D eigenvalue weighted by Gasteiger charge is 2.77. The van der Waals surface area contributed by atoms with Crippen LogP contribution in [0.4, 0.5) is 4.39 Å². The average Bonchev–Trinajstić information content (AvgIpc) is 3.08. The number of thiocarbonyl (C=S) groups is 1. The van der Waals surface area contributed by atoms with E-state index in [0.717, 1.165) is 5.57 Å². The first-order valence-corrected chi connectivity index (χ1v) is 13.6. The van der Waals surface area contributed by atoms with Crippen LogP contribution in [0.25, 0.3) is 0 Å². The van der Waals surface area contributed by atoms with Gasteiger partial charge in [0.05, 0.1) is 6.10 Å². The van der Waals surface area contributed by atoms with Crippen molar-refractivity contribution in [3.63, 3.8) is 0 Å². The van der Waals surface area contributed by atoms with E-state index in [1.54, 1.807) is 32.1 Å². The van der Waals surface area contributed by atoms with Crippen LogP contribution >= 0.6 is 12.2 Å². The molecule has 0 aromatic heterocycles. The van der Waals surface area contributed by atoms with Gasteiger partial charge in [0.25, 0.3) is 0 Å². The fourth-order valence-electron chi connectivity index (χ4n) is 8.15. The van der Waals surface area contributed by atoms with Gasteiger partial charge in [-0.05, 0) is 75.0 Å². The lowest BCUT2D eigenvalue weighted by Crippen LogP contribution is -2.70. The average molecular weight is 527 g/mol. The molecule has 1 aromatic rings. The van der Waals surface area contributed by atoms with Gasteiger partial charge in [0, 0.05) is 29.1 Å². The molecule has 0 saturated heterocycles. The van der Waals surface area contributed by atoms with Crippen LogP contribution < -0.4 is 4.74 Å². The lowest BCUT2D eigenvalue weighted by molar-refractivity contribution is -0.217. The molecule has 0 amide bonds. The van der Waals surface area contributed by atoms with Crippen molar-refractivity contribution in [3.05, 3.63) is 54.1 Å². The minimum absolute atomic E-state index is 0.0505. The van der Waals surface area contributed by atoms with Crippen LogP contribution in [0.15, 0.2) is 54.1 Å². The number of rotatable bonds is 4. The molecule has 3 fully saturated rings. The minimum atomic E-state index is -1.97. The number of benzene rings is 1. The number of esters is 1. The van der Waals surface area contributed by atoms with Gasteiger partial charge in [0.2, 0.25) is 5.05 Å². The Balaban J connectivity index is 1.61. The first-order chi connectivity index (χ1) is 17.4. The topological polar surface area (TPSA) is 72.8 Å². The van der Waals surface area contributed by atoms with Gasteiger partial charge in [-0.15, -0.1) is 0 Å². The number of alkyl halides is 1. The molecule has 5 rings (SSSR count). The molecular weight excluding hydrogens is 491 g/mol. The molecule has 4 aliphatic rings. The summed E-state index contributed by atoms with van der Waals surface area (Å²) in [4.78, 5) is 25.0. The Morgan fingerprint density at radius 2 is 1.92 bits per heavy atom. The molecule has 7 heteroatoms. The second-order valence-electron chi connectivity index (χ2n) is 11.7. The van der Waals surface area contributed by atoms with Crippen molar-refractivity contribution in [1.82, 2.24) is 0 Å². The van der Waals surface area contributed by atoms with Crippen molar-refractivity contribution in [2.24, 2.45) is 28.6 Å². The Morgan fingerprint density at radius 1 is 1.22 bits per heavy atom. The van der Waals surface area contributed by atoms with Crippen LogP contribution in [0.3, 0.4) is 0 Å². The zero-order chi connectivity index (χ0) is 26.8. The smallest absolute Gasteiger partial charge is 0.306 e. The predicted octanol–water partition coefficient (Wildman–Crippen LogP) is 5.70. The fraction of sp³-hybridized carbons (Fsp3) is 0.567. The lowest BCUT2D eigenvalue weighted by Gasteiger charge is -2.62. The van der Waals surface area contributed by atoms with Gasteiger partial charge in [0.15, 0.2) is 17.1 Å². The summed E-state index contributed by atoms with van der Waals surface area (Å²) in [6.45, 7) is 7.48. The molecule has 3 saturated carbocycles. The zero-order valence-corrected chi connectivity index (χ0v) is 22.6. The number of carbonyl (C=O) groups excluding carboxylic acids is 2. The van der Waals surface area contributed by atoms with Crippen LogP contribution in [0, 0.1) is 28.6 Å². The summed E-state index contributed by atoms with van der Waals surface area (Å²) >= 11 is 5.90. The first-order valence-electron chi connectivity index (χ1n) is 13.2. The molecule has 0 spiro atoms. The molecule has 0 unspecified atom stereocenters. The summed E-state index contributed by atoms with van der Waals surface area (Å²) in [6, 6.07) is 9.12. The number of carbonyl (C=O) groups is 2. The Hall–Kier alpha value is -2.38. The maximum atomic E-state index is 17.5. The third kappa shape index (κ3) is 3.46. The van der Waals surface area contributed by atoms with E-state index in [2.05, 4.69) is 0 Å². The number of hydrogen-bond acceptors (Lipinski definition) is 6. The van der Waals surface area contributed by atoms with Gasteiger partial charge >= 0.3 is 5.97 Å². The van der Waals surface area contributed by atoms with Gasteiger partial charge < -0.3 is 14.6 Å². The van der Waals surface area contributed by atoms with E-state index in [0.29, 0.717) is 25.0 Å². The van der Waals surface area contributed by atoms with Gasteiger partial charge in [-0.1, -0.05) is 50.6 Å². The summed E-state index contributed by atoms with van der Waals surface area (Å²) in [5, 5.41) is 11.8. The van der Waals surface area contributed by atoms with Gasteiger partial charge in [-0.25, -0.2) is 4.39 Å². The Labute approximate surface area is 223 Å². The molecule has 0 bridgehead atoms. The molecule has 1 aromatic carbocycles. The summed E-state index contributed by atoms with van der Waals surface area (Å²) in [6.07, 6.45) is 5.10. The van der Waals surface area contributed by atoms with Gasteiger partial charge in [0.1, 0.15) is 5.75 Å². The Kier molecular flexibility index (Phi) is 6.27. The highest BCUT2D eigenvalue weighted by atomic mass is 32.1. The molecule has 4 aliphatic carbocycles. The van der Waals surface area contributed by atoms with Gasteiger partial charge in [-0.2, -0.15) is 0 Å². The SMILES string of the molecule is CCC(=O)O[C@]1(C(=S)Oc2ccccc2)[C@@H](C)C[C@H]2[C@@H]3CCC4=CC(=O)C=C[C@]4(C)[C@@]3(F)[C@@H](O)C[C@@]21C. The van der Waals surface area contributed by atoms with Crippen LogP contribution in [0.1, 0.15) is 59.8 Å². The first kappa shape index (κ1) is 26.2. The maximum absolute atomic E-state index is 17.5. The van der Waals surface area contributed by atoms with E-state index in [-0.39, 0.29) is 35.5 Å². The number of fused-ring (bicyclic) bond motifs is 5. The molecule has 8 atom stereocenters. The Bertz CT molecular complexity index is 1200. The predicted molar refractivity (Wildman–Crippen MR) is 142 cm³/mol. The number of halogens is 1. The van der Waals surface area contributed by atoms with Crippen LogP contribution in [0.5, 0.6) is 5.75 Å². The number of aliphatic hydroxyl groups is 1. The minimum Gasteiger partial charge on any atom is -0.449 e. The molecule has 0 aliphatic heterocycles. The number of aliphatic hydroxyl groups excluding tert-OH is 1. The normalized spacial score (nSPS) is 42.2. The largest absolute Gasteiger partial charge is 0.449 e. The standard InChI is InChI=1S/C30H35FO5S/c1-5-25(34)36-30(26(37)35-21-9-7-6-8-10-21)18(2)15-23-22-12-11-19-16-20(32)13-14-27(19,3)29(22,31)24(33)17-28(23,30)4/h6-10,13-14,16,18,22-24,33H,5,11-12,15,17H2,1-4H3/t18-,22-,23-,24-,27-,28-,29-,30-/m0/s1. The number of para-hydroxylation sites is 1. The van der Waals surface area contributed by atoms with Crippen molar-refractivity contribution in [2.75, 3.05) is 0 Å². The zero-order valence-electron chi connectivity index (χ0n) is 21.8. The van der Waals surface area contributed by atoms with E-state index in [4.69, 9.17) is 21.7 Å². The fourth-order valence-corrected chi connectivity index (χ4v) is 8.72. The maximum Gasteiger partial charge on any atom is 0.306 e. The van der Waals surface area contributed by atoms with E-state index < -0.39 is 40.1 Å². The highest BCUT2D eigenvalue weighted by Crippen LogP contribution is 2.71. The third-order valence-corrected chi connectivity index (χ3v) is 10.4. The van der Waals surface area contributed by atoms with Crippen molar-refractivity contribution in [1.29, 1.82) is 0 Å². The third-order valence-electron chi connectivity index (χ3n) is 10.0. The van der Waals surface area contributed by atoms with Crippen LogP contribution in [-0.2, 0) is 14.3 Å². The van der Waals surface area contributed by atoms with Crippen molar-refractivity contribution in [3.8, 4) is 5.75 Å². The molecule has 5 nitrogen and oxygen atoms in total. The molecule has 1 N–H and O–H groups in total. The second kappa shape index (κ2) is 8.84. The quantitative estimate of drug-likeness (QED) is 0.401. The lowest BCUT2D eigenvalue weighted by atomic mass is 9.45. The molecule has 198 valence electrons. The molecule has 0 heterocycles. The number of ether oxygens (including phenoxy) is 2.